The van der Waals surface area contributed by atoms with Gasteiger partial charge in [0.25, 0.3) is 5.91 Å². The molecule has 0 aliphatic heterocycles. The normalized spacial score (nSPS) is 11.5. The standard InChI is InChI=1S/C28H32N2O3/c1-5-21(3)29-27(31)18-22-12-16-25(17-13-22)30(19-24-8-6-7-9-26(24)33-4)28(32)23-14-10-20(2)11-15-23/h6-17,21H,5,18-19H2,1-4H3,(H,29,31)/t21-/m1/s1. The fraction of sp³-hybridized carbons (Fsp3) is 0.286. The van der Waals surface area contributed by atoms with Crippen LogP contribution in [0.3, 0.4) is 0 Å². The van der Waals surface area contributed by atoms with E-state index in [1.165, 1.54) is 0 Å². The molecule has 3 aromatic rings. The topological polar surface area (TPSA) is 58.6 Å². The number of para-hydroxylation sites is 1. The Labute approximate surface area is 196 Å². The lowest BCUT2D eigenvalue weighted by molar-refractivity contribution is -0.121. The number of nitrogens with zero attached hydrogens (tertiary/aromatic N) is 1. The monoisotopic (exact) mass is 444 g/mol. The molecule has 172 valence electrons. The number of rotatable bonds is 9. The number of amides is 2. The third kappa shape index (κ3) is 6.45. The molecule has 0 radical (unpaired) electrons. The van der Waals surface area contributed by atoms with Gasteiger partial charge in [-0.05, 0) is 56.2 Å². The summed E-state index contributed by atoms with van der Waals surface area (Å²) in [5.41, 5.74) is 4.30. The van der Waals surface area contributed by atoms with Gasteiger partial charge in [-0.2, -0.15) is 0 Å². The molecule has 0 unspecified atom stereocenters. The first kappa shape index (κ1) is 24.1. The minimum atomic E-state index is -0.0943. The summed E-state index contributed by atoms with van der Waals surface area (Å²) in [6.45, 7) is 6.40. The van der Waals surface area contributed by atoms with E-state index in [0.29, 0.717) is 18.5 Å². The van der Waals surface area contributed by atoms with Crippen LogP contribution in [-0.4, -0.2) is 25.0 Å². The molecule has 0 saturated heterocycles. The predicted molar refractivity (Wildman–Crippen MR) is 133 cm³/mol. The second-order valence-corrected chi connectivity index (χ2v) is 8.29. The lowest BCUT2D eigenvalue weighted by atomic mass is 10.1. The molecule has 2 amide bonds. The third-order valence-corrected chi connectivity index (χ3v) is 5.70. The number of nitrogens with one attached hydrogen (secondary N) is 1. The molecular weight excluding hydrogens is 412 g/mol. The van der Waals surface area contributed by atoms with Gasteiger partial charge in [0, 0.05) is 22.9 Å². The molecule has 0 aliphatic rings. The molecular formula is C28H32N2O3. The van der Waals surface area contributed by atoms with E-state index in [1.54, 1.807) is 12.0 Å². The van der Waals surface area contributed by atoms with Crippen LogP contribution in [0, 0.1) is 6.92 Å². The number of anilines is 1. The molecule has 3 rings (SSSR count). The summed E-state index contributed by atoms with van der Waals surface area (Å²) >= 11 is 0. The molecule has 0 saturated carbocycles. The molecule has 0 bridgehead atoms. The summed E-state index contributed by atoms with van der Waals surface area (Å²) in [7, 11) is 1.63. The fourth-order valence-electron chi connectivity index (χ4n) is 3.54. The van der Waals surface area contributed by atoms with E-state index in [-0.39, 0.29) is 17.9 Å². The second-order valence-electron chi connectivity index (χ2n) is 8.29. The van der Waals surface area contributed by atoms with Crippen LogP contribution >= 0.6 is 0 Å². The van der Waals surface area contributed by atoms with Gasteiger partial charge < -0.3 is 15.0 Å². The number of benzene rings is 3. The molecule has 0 aromatic heterocycles. The van der Waals surface area contributed by atoms with Crippen molar-refractivity contribution < 1.29 is 14.3 Å². The Bertz CT molecular complexity index is 1080. The van der Waals surface area contributed by atoms with Crippen molar-refractivity contribution in [2.45, 2.75) is 46.2 Å². The second kappa shape index (κ2) is 11.3. The summed E-state index contributed by atoms with van der Waals surface area (Å²) in [5, 5.41) is 2.99. The van der Waals surface area contributed by atoms with Crippen molar-refractivity contribution in [3.05, 3.63) is 95.1 Å². The van der Waals surface area contributed by atoms with Crippen LogP contribution < -0.4 is 15.0 Å². The van der Waals surface area contributed by atoms with E-state index >= 15 is 0 Å². The lowest BCUT2D eigenvalue weighted by Gasteiger charge is -2.24. The number of carbonyl (C=O) groups is 2. The number of carbonyl (C=O) groups excluding carboxylic acids is 2. The van der Waals surface area contributed by atoms with Crippen molar-refractivity contribution in [2.75, 3.05) is 12.0 Å². The highest BCUT2D eigenvalue weighted by atomic mass is 16.5. The Morgan fingerprint density at radius 1 is 0.970 bits per heavy atom. The van der Waals surface area contributed by atoms with E-state index in [9.17, 15) is 9.59 Å². The highest BCUT2D eigenvalue weighted by Gasteiger charge is 2.20. The van der Waals surface area contributed by atoms with E-state index in [4.69, 9.17) is 4.74 Å². The zero-order valence-corrected chi connectivity index (χ0v) is 19.8. The lowest BCUT2D eigenvalue weighted by Crippen LogP contribution is -2.33. The Kier molecular flexibility index (Phi) is 8.25. The Morgan fingerprint density at radius 2 is 1.64 bits per heavy atom. The Hall–Kier alpha value is -3.60. The summed E-state index contributed by atoms with van der Waals surface area (Å²) in [5.74, 6) is 0.638. The number of hydrogen-bond acceptors (Lipinski definition) is 3. The summed E-state index contributed by atoms with van der Waals surface area (Å²) < 4.78 is 5.50. The van der Waals surface area contributed by atoms with Crippen molar-refractivity contribution in [3.63, 3.8) is 0 Å². The van der Waals surface area contributed by atoms with Crippen LogP contribution in [0.2, 0.25) is 0 Å². The molecule has 3 aromatic carbocycles. The highest BCUT2D eigenvalue weighted by Crippen LogP contribution is 2.25. The average molecular weight is 445 g/mol. The van der Waals surface area contributed by atoms with Gasteiger partial charge in [0.1, 0.15) is 5.75 Å². The van der Waals surface area contributed by atoms with Gasteiger partial charge in [0.2, 0.25) is 5.91 Å². The van der Waals surface area contributed by atoms with E-state index in [0.717, 1.165) is 34.5 Å². The van der Waals surface area contributed by atoms with E-state index < -0.39 is 0 Å². The van der Waals surface area contributed by atoms with Gasteiger partial charge in [-0.3, -0.25) is 9.59 Å². The zero-order valence-electron chi connectivity index (χ0n) is 19.8. The van der Waals surface area contributed by atoms with Gasteiger partial charge in [-0.25, -0.2) is 0 Å². The van der Waals surface area contributed by atoms with Gasteiger partial charge in [0.15, 0.2) is 0 Å². The molecule has 5 nitrogen and oxygen atoms in total. The molecule has 0 fully saturated rings. The number of methoxy groups -OCH3 is 1. The van der Waals surface area contributed by atoms with Crippen molar-refractivity contribution in [2.24, 2.45) is 0 Å². The van der Waals surface area contributed by atoms with Crippen molar-refractivity contribution in [1.29, 1.82) is 0 Å². The van der Waals surface area contributed by atoms with E-state index in [2.05, 4.69) is 5.32 Å². The average Bonchev–Trinajstić information content (AvgIpc) is 2.83. The number of aryl methyl sites for hydroxylation is 1. The van der Waals surface area contributed by atoms with Crippen molar-refractivity contribution >= 4 is 17.5 Å². The molecule has 1 atom stereocenters. The summed E-state index contributed by atoms with van der Waals surface area (Å²) in [4.78, 5) is 27.5. The van der Waals surface area contributed by atoms with Crippen LogP contribution in [-0.2, 0) is 17.8 Å². The molecule has 1 N–H and O–H groups in total. The first-order valence-corrected chi connectivity index (χ1v) is 11.3. The smallest absolute Gasteiger partial charge is 0.258 e. The highest BCUT2D eigenvalue weighted by molar-refractivity contribution is 6.06. The maximum atomic E-state index is 13.5. The minimum absolute atomic E-state index is 0.00119. The number of hydrogen-bond donors (Lipinski definition) is 1. The summed E-state index contributed by atoms with van der Waals surface area (Å²) in [6, 6.07) is 23.0. The first-order valence-electron chi connectivity index (χ1n) is 11.3. The predicted octanol–water partition coefficient (Wildman–Crippen LogP) is 5.31. The molecule has 0 aliphatic carbocycles. The first-order chi connectivity index (χ1) is 15.9. The SMILES string of the molecule is CC[C@@H](C)NC(=O)Cc1ccc(N(Cc2ccccc2OC)C(=O)c2ccc(C)cc2)cc1. The van der Waals surface area contributed by atoms with Crippen molar-refractivity contribution in [3.8, 4) is 5.75 Å². The van der Waals surface area contributed by atoms with Gasteiger partial charge in [-0.1, -0.05) is 55.0 Å². The van der Waals surface area contributed by atoms with Crippen LogP contribution in [0.1, 0.15) is 47.3 Å². The molecule has 33 heavy (non-hydrogen) atoms. The number of ether oxygens (including phenoxy) is 1. The molecule has 0 heterocycles. The maximum Gasteiger partial charge on any atom is 0.258 e. The largest absolute Gasteiger partial charge is 0.496 e. The summed E-state index contributed by atoms with van der Waals surface area (Å²) in [6.07, 6.45) is 1.20. The third-order valence-electron chi connectivity index (χ3n) is 5.70. The van der Waals surface area contributed by atoms with Crippen LogP contribution in [0.15, 0.2) is 72.8 Å². The van der Waals surface area contributed by atoms with Gasteiger partial charge in [0.05, 0.1) is 20.1 Å². The van der Waals surface area contributed by atoms with Crippen molar-refractivity contribution in [1.82, 2.24) is 5.32 Å². The fourth-order valence-corrected chi connectivity index (χ4v) is 3.54. The Balaban J connectivity index is 1.87. The van der Waals surface area contributed by atoms with Crippen LogP contribution in [0.5, 0.6) is 5.75 Å². The Morgan fingerprint density at radius 3 is 2.27 bits per heavy atom. The van der Waals surface area contributed by atoms with Gasteiger partial charge >= 0.3 is 0 Å². The van der Waals surface area contributed by atoms with Gasteiger partial charge in [-0.15, -0.1) is 0 Å². The molecule has 0 spiro atoms. The quantitative estimate of drug-likeness (QED) is 0.487. The minimum Gasteiger partial charge on any atom is -0.496 e. The van der Waals surface area contributed by atoms with E-state index in [1.807, 2.05) is 93.6 Å². The van der Waals surface area contributed by atoms with Crippen LogP contribution in [0.25, 0.3) is 0 Å². The van der Waals surface area contributed by atoms with Crippen LogP contribution in [0.4, 0.5) is 5.69 Å². The molecule has 5 heteroatoms. The maximum absolute atomic E-state index is 13.5. The zero-order chi connectivity index (χ0) is 23.8.